The average molecular weight is 499 g/mol. The Balaban J connectivity index is 1.77. The summed E-state index contributed by atoms with van der Waals surface area (Å²) < 4.78 is 13.6. The smallest absolute Gasteiger partial charge is 0.326 e. The summed E-state index contributed by atoms with van der Waals surface area (Å²) in [7, 11) is 3.10. The summed E-state index contributed by atoms with van der Waals surface area (Å²) in [5.41, 5.74) is 0.803. The number of ether oxygens (including phenoxy) is 2. The molecule has 0 unspecified atom stereocenters. The van der Waals surface area contributed by atoms with Gasteiger partial charge in [-0.05, 0) is 25.8 Å². The van der Waals surface area contributed by atoms with Gasteiger partial charge in [-0.3, -0.25) is 23.7 Å². The van der Waals surface area contributed by atoms with Gasteiger partial charge in [-0.25, -0.2) is 0 Å². The Kier molecular flexibility index (Phi) is 7.30. The van der Waals surface area contributed by atoms with Crippen LogP contribution in [0.4, 0.5) is 0 Å². The molecule has 0 spiro atoms. The molecule has 1 saturated heterocycles. The summed E-state index contributed by atoms with van der Waals surface area (Å²) in [6, 6.07) is 6.99. The zero-order valence-corrected chi connectivity index (χ0v) is 20.6. The fraction of sp³-hybridized carbons (Fsp3) is 0.440. The van der Waals surface area contributed by atoms with E-state index in [0.717, 1.165) is 0 Å². The lowest BCUT2D eigenvalue weighted by Gasteiger charge is -2.32. The molecule has 2 amide bonds. The number of carbonyl (C=O) groups is 3. The standard InChI is InChI=1S/C25H30N4O7/c1-4-36-19(32)13-29-17-8-6-5-7-16(17)21-20(25(29)34)23(35-3)22(27(21)2)24(33)26-15-9-11-28(12-10-15)18(31)14-30/h5-8,15,30H,4,9-14H2,1-3H3,(H,26,33). The monoisotopic (exact) mass is 498 g/mol. The molecule has 36 heavy (non-hydrogen) atoms. The van der Waals surface area contributed by atoms with Gasteiger partial charge in [0.25, 0.3) is 11.5 Å². The number of para-hydroxylation sites is 1. The van der Waals surface area contributed by atoms with Gasteiger partial charge in [0.2, 0.25) is 5.91 Å². The predicted molar refractivity (Wildman–Crippen MR) is 132 cm³/mol. The molecular weight excluding hydrogens is 468 g/mol. The Bertz CT molecular complexity index is 1380. The summed E-state index contributed by atoms with van der Waals surface area (Å²) in [6.07, 6.45) is 1.08. The summed E-state index contributed by atoms with van der Waals surface area (Å²) in [6.45, 7) is 1.94. The van der Waals surface area contributed by atoms with Crippen LogP contribution in [-0.4, -0.2) is 76.4 Å². The number of rotatable bonds is 7. The van der Waals surface area contributed by atoms with Gasteiger partial charge in [-0.2, -0.15) is 0 Å². The Morgan fingerprint density at radius 3 is 2.50 bits per heavy atom. The number of benzene rings is 1. The van der Waals surface area contributed by atoms with Crippen molar-refractivity contribution in [2.75, 3.05) is 33.4 Å². The first-order chi connectivity index (χ1) is 17.3. The number of pyridine rings is 1. The number of aromatic nitrogens is 2. The minimum Gasteiger partial charge on any atom is -0.493 e. The first-order valence-electron chi connectivity index (χ1n) is 11.8. The van der Waals surface area contributed by atoms with Crippen molar-refractivity contribution in [3.63, 3.8) is 0 Å². The van der Waals surface area contributed by atoms with E-state index in [1.165, 1.54) is 11.7 Å². The number of methoxy groups -OCH3 is 1. The molecule has 4 rings (SSSR count). The Labute approximate surface area is 207 Å². The van der Waals surface area contributed by atoms with E-state index in [2.05, 4.69) is 5.32 Å². The van der Waals surface area contributed by atoms with Crippen molar-refractivity contribution in [2.45, 2.75) is 32.4 Å². The van der Waals surface area contributed by atoms with Crippen molar-refractivity contribution >= 4 is 39.6 Å². The summed E-state index contributed by atoms with van der Waals surface area (Å²) in [4.78, 5) is 52.6. The van der Waals surface area contributed by atoms with Crippen molar-refractivity contribution in [1.29, 1.82) is 0 Å². The first kappa shape index (κ1) is 25.2. The number of hydrogen-bond donors (Lipinski definition) is 2. The second-order valence-electron chi connectivity index (χ2n) is 8.66. The summed E-state index contributed by atoms with van der Waals surface area (Å²) >= 11 is 0. The molecule has 1 aliphatic heterocycles. The minimum absolute atomic E-state index is 0.131. The van der Waals surface area contributed by atoms with Crippen LogP contribution >= 0.6 is 0 Å². The maximum absolute atomic E-state index is 13.6. The number of esters is 1. The van der Waals surface area contributed by atoms with Crippen LogP contribution < -0.4 is 15.6 Å². The van der Waals surface area contributed by atoms with E-state index in [-0.39, 0.29) is 41.9 Å². The molecule has 2 N–H and O–H groups in total. The summed E-state index contributed by atoms with van der Waals surface area (Å²) in [5, 5.41) is 13.0. The molecule has 0 saturated carbocycles. The summed E-state index contributed by atoms with van der Waals surface area (Å²) in [5.74, 6) is -1.15. The number of aryl methyl sites for hydroxylation is 1. The highest BCUT2D eigenvalue weighted by molar-refractivity contribution is 6.12. The molecule has 11 nitrogen and oxygen atoms in total. The highest BCUT2D eigenvalue weighted by Crippen LogP contribution is 2.34. The number of aliphatic hydroxyl groups is 1. The highest BCUT2D eigenvalue weighted by Gasteiger charge is 2.30. The third kappa shape index (κ3) is 4.41. The molecule has 0 atom stereocenters. The van der Waals surface area contributed by atoms with Gasteiger partial charge in [-0.1, -0.05) is 18.2 Å². The van der Waals surface area contributed by atoms with Crippen LogP contribution in [0.5, 0.6) is 5.75 Å². The molecule has 1 fully saturated rings. The van der Waals surface area contributed by atoms with Crippen LogP contribution in [0.15, 0.2) is 29.1 Å². The van der Waals surface area contributed by atoms with Crippen molar-refractivity contribution in [1.82, 2.24) is 19.4 Å². The van der Waals surface area contributed by atoms with Crippen molar-refractivity contribution in [3.05, 3.63) is 40.3 Å². The lowest BCUT2D eigenvalue weighted by Crippen LogP contribution is -2.47. The average Bonchev–Trinajstić information content (AvgIpc) is 3.19. The lowest BCUT2D eigenvalue weighted by molar-refractivity contribution is -0.143. The second kappa shape index (κ2) is 10.4. The molecule has 11 heteroatoms. The topological polar surface area (TPSA) is 132 Å². The van der Waals surface area contributed by atoms with Crippen LogP contribution in [0, 0.1) is 0 Å². The van der Waals surface area contributed by atoms with E-state index in [1.807, 2.05) is 12.1 Å². The number of fused-ring (bicyclic) bond motifs is 3. The normalized spacial score (nSPS) is 14.3. The van der Waals surface area contributed by atoms with E-state index in [1.54, 1.807) is 35.6 Å². The maximum Gasteiger partial charge on any atom is 0.326 e. The lowest BCUT2D eigenvalue weighted by atomic mass is 10.0. The number of aliphatic hydroxyl groups excluding tert-OH is 1. The largest absolute Gasteiger partial charge is 0.493 e. The molecule has 2 aromatic heterocycles. The van der Waals surface area contributed by atoms with Crippen LogP contribution in [-0.2, 0) is 27.9 Å². The van der Waals surface area contributed by atoms with Gasteiger partial charge in [-0.15, -0.1) is 0 Å². The van der Waals surface area contributed by atoms with Gasteiger partial charge in [0.1, 0.15) is 18.5 Å². The number of carbonyl (C=O) groups excluding carboxylic acids is 3. The second-order valence-corrected chi connectivity index (χ2v) is 8.66. The molecular formula is C25H30N4O7. The highest BCUT2D eigenvalue weighted by atomic mass is 16.5. The minimum atomic E-state index is -0.539. The zero-order valence-electron chi connectivity index (χ0n) is 20.6. The van der Waals surface area contributed by atoms with Crippen LogP contribution in [0.25, 0.3) is 21.8 Å². The van der Waals surface area contributed by atoms with Crippen molar-refractivity contribution < 1.29 is 29.0 Å². The first-order valence-corrected chi connectivity index (χ1v) is 11.8. The number of amides is 2. The number of nitrogens with zero attached hydrogens (tertiary/aromatic N) is 3. The predicted octanol–water partition coefficient (Wildman–Crippen LogP) is 0.778. The third-order valence-electron chi connectivity index (χ3n) is 6.59. The van der Waals surface area contributed by atoms with E-state index in [9.17, 15) is 19.2 Å². The fourth-order valence-corrected chi connectivity index (χ4v) is 4.90. The van der Waals surface area contributed by atoms with Crippen LogP contribution in [0.2, 0.25) is 0 Å². The van der Waals surface area contributed by atoms with E-state index >= 15 is 0 Å². The van der Waals surface area contributed by atoms with Crippen LogP contribution in [0.1, 0.15) is 30.3 Å². The molecule has 0 aliphatic carbocycles. The van der Waals surface area contributed by atoms with Gasteiger partial charge in [0.05, 0.1) is 24.8 Å². The molecule has 1 aliphatic rings. The number of nitrogens with one attached hydrogen (secondary N) is 1. The Hall–Kier alpha value is -3.86. The zero-order chi connectivity index (χ0) is 26.0. The van der Waals surface area contributed by atoms with Gasteiger partial charge in [0.15, 0.2) is 11.4 Å². The Morgan fingerprint density at radius 1 is 1.17 bits per heavy atom. The molecule has 3 heterocycles. The Morgan fingerprint density at radius 2 is 1.86 bits per heavy atom. The molecule has 3 aromatic rings. The van der Waals surface area contributed by atoms with E-state index in [0.29, 0.717) is 42.4 Å². The van der Waals surface area contributed by atoms with Crippen molar-refractivity contribution in [3.8, 4) is 5.75 Å². The van der Waals surface area contributed by atoms with E-state index < -0.39 is 24.0 Å². The number of piperidine rings is 1. The molecule has 0 bridgehead atoms. The molecule has 192 valence electrons. The SMILES string of the molecule is CCOC(=O)Cn1c(=O)c2c(OC)c(C(=O)NC3CCN(C(=O)CO)CC3)n(C)c2c2ccccc21. The van der Waals surface area contributed by atoms with Gasteiger partial charge in [0, 0.05) is 31.6 Å². The third-order valence-corrected chi connectivity index (χ3v) is 6.59. The van der Waals surface area contributed by atoms with Crippen LogP contribution in [0.3, 0.4) is 0 Å². The van der Waals surface area contributed by atoms with Gasteiger partial charge >= 0.3 is 5.97 Å². The molecule has 1 aromatic carbocycles. The number of likely N-dealkylation sites (tertiary alicyclic amines) is 1. The number of hydrogen-bond acceptors (Lipinski definition) is 7. The quantitative estimate of drug-likeness (QED) is 0.460. The van der Waals surface area contributed by atoms with E-state index in [4.69, 9.17) is 14.6 Å². The fourth-order valence-electron chi connectivity index (χ4n) is 4.90. The van der Waals surface area contributed by atoms with Gasteiger partial charge < -0.3 is 29.4 Å². The molecule has 0 radical (unpaired) electrons. The maximum atomic E-state index is 13.6. The van der Waals surface area contributed by atoms with Crippen molar-refractivity contribution in [2.24, 2.45) is 7.05 Å².